The SMILES string of the molecule is CCOc1cc2c(cc1NC(C)C(=O)Nc1cc(Cl)ccc1OC)OC(C)C2. The molecule has 0 bridgehead atoms. The molecule has 2 N–H and O–H groups in total. The number of benzene rings is 2. The third-order valence-corrected chi connectivity index (χ3v) is 4.72. The number of hydrogen-bond donors (Lipinski definition) is 2. The van der Waals surface area contributed by atoms with Gasteiger partial charge in [-0.25, -0.2) is 0 Å². The maximum absolute atomic E-state index is 12.7. The second-order valence-corrected chi connectivity index (χ2v) is 7.16. The molecule has 2 atom stereocenters. The van der Waals surface area contributed by atoms with E-state index in [4.69, 9.17) is 25.8 Å². The van der Waals surface area contributed by atoms with Crippen LogP contribution in [0.5, 0.6) is 17.2 Å². The number of hydrogen-bond acceptors (Lipinski definition) is 5. The average Bonchev–Trinajstić information content (AvgIpc) is 3.01. The van der Waals surface area contributed by atoms with Crippen LogP contribution < -0.4 is 24.8 Å². The molecule has 2 aromatic rings. The maximum atomic E-state index is 12.7. The molecule has 0 radical (unpaired) electrons. The highest BCUT2D eigenvalue weighted by Gasteiger charge is 2.23. The minimum atomic E-state index is -0.528. The number of halogens is 1. The highest BCUT2D eigenvalue weighted by atomic mass is 35.5. The van der Waals surface area contributed by atoms with Gasteiger partial charge in [0.05, 0.1) is 25.1 Å². The molecule has 0 aliphatic carbocycles. The summed E-state index contributed by atoms with van der Waals surface area (Å²) in [7, 11) is 1.54. The van der Waals surface area contributed by atoms with E-state index < -0.39 is 6.04 Å². The maximum Gasteiger partial charge on any atom is 0.246 e. The molecule has 6 nitrogen and oxygen atoms in total. The number of nitrogens with one attached hydrogen (secondary N) is 2. The molecule has 1 aliphatic rings. The van der Waals surface area contributed by atoms with Gasteiger partial charge in [-0.05, 0) is 45.0 Å². The Labute approximate surface area is 170 Å². The molecule has 0 saturated heterocycles. The first kappa shape index (κ1) is 20.1. The van der Waals surface area contributed by atoms with E-state index in [0.29, 0.717) is 28.8 Å². The number of ether oxygens (including phenoxy) is 3. The van der Waals surface area contributed by atoms with Crippen LogP contribution in [0.4, 0.5) is 11.4 Å². The Kier molecular flexibility index (Phi) is 6.19. The number of methoxy groups -OCH3 is 1. The van der Waals surface area contributed by atoms with E-state index >= 15 is 0 Å². The molecule has 2 unspecified atom stereocenters. The van der Waals surface area contributed by atoms with E-state index in [2.05, 4.69) is 10.6 Å². The third kappa shape index (κ3) is 4.44. The van der Waals surface area contributed by atoms with Gasteiger partial charge in [0.2, 0.25) is 5.91 Å². The number of anilines is 2. The Balaban J connectivity index is 1.77. The van der Waals surface area contributed by atoms with E-state index in [1.807, 2.05) is 26.0 Å². The quantitative estimate of drug-likeness (QED) is 0.710. The largest absolute Gasteiger partial charge is 0.495 e. The zero-order valence-corrected chi connectivity index (χ0v) is 17.2. The van der Waals surface area contributed by atoms with Crippen molar-refractivity contribution in [1.82, 2.24) is 0 Å². The van der Waals surface area contributed by atoms with Gasteiger partial charge < -0.3 is 24.8 Å². The minimum Gasteiger partial charge on any atom is -0.495 e. The van der Waals surface area contributed by atoms with Crippen molar-refractivity contribution in [3.05, 3.63) is 40.9 Å². The molecule has 3 rings (SSSR count). The summed E-state index contributed by atoms with van der Waals surface area (Å²) in [5, 5.41) is 6.59. The van der Waals surface area contributed by atoms with Crippen LogP contribution in [0.3, 0.4) is 0 Å². The van der Waals surface area contributed by atoms with Crippen LogP contribution in [0.1, 0.15) is 26.3 Å². The molecule has 1 heterocycles. The van der Waals surface area contributed by atoms with Gasteiger partial charge in [-0.3, -0.25) is 4.79 Å². The normalized spacial score (nSPS) is 16.0. The summed E-state index contributed by atoms with van der Waals surface area (Å²) in [6, 6.07) is 8.42. The molecule has 2 aromatic carbocycles. The van der Waals surface area contributed by atoms with Gasteiger partial charge >= 0.3 is 0 Å². The molecule has 1 amide bonds. The topological polar surface area (TPSA) is 68.8 Å². The van der Waals surface area contributed by atoms with Crippen LogP contribution in [0, 0.1) is 0 Å². The van der Waals surface area contributed by atoms with Crippen LogP contribution in [-0.4, -0.2) is 31.8 Å². The number of carbonyl (C=O) groups excluding carboxylic acids is 1. The number of fused-ring (bicyclic) bond motifs is 1. The van der Waals surface area contributed by atoms with Crippen molar-refractivity contribution < 1.29 is 19.0 Å². The van der Waals surface area contributed by atoms with Gasteiger partial charge in [-0.2, -0.15) is 0 Å². The highest BCUT2D eigenvalue weighted by molar-refractivity contribution is 6.31. The monoisotopic (exact) mass is 404 g/mol. The lowest BCUT2D eigenvalue weighted by Gasteiger charge is -2.19. The highest BCUT2D eigenvalue weighted by Crippen LogP contribution is 2.38. The minimum absolute atomic E-state index is 0.135. The van der Waals surface area contributed by atoms with Gasteiger partial charge in [-0.15, -0.1) is 0 Å². The summed E-state index contributed by atoms with van der Waals surface area (Å²) in [5.41, 5.74) is 2.35. The number of rotatable bonds is 7. The van der Waals surface area contributed by atoms with Gasteiger partial charge in [0.15, 0.2) is 0 Å². The lowest BCUT2D eigenvalue weighted by atomic mass is 10.1. The van der Waals surface area contributed by atoms with Crippen molar-refractivity contribution in [3.63, 3.8) is 0 Å². The summed E-state index contributed by atoms with van der Waals surface area (Å²) >= 11 is 6.04. The molecular weight excluding hydrogens is 380 g/mol. The van der Waals surface area contributed by atoms with E-state index in [0.717, 1.165) is 23.4 Å². The van der Waals surface area contributed by atoms with Crippen molar-refractivity contribution in [2.45, 2.75) is 39.3 Å². The number of carbonyl (C=O) groups is 1. The summed E-state index contributed by atoms with van der Waals surface area (Å²) in [5.74, 6) is 1.85. The Morgan fingerprint density at radius 2 is 2.07 bits per heavy atom. The predicted octanol–water partition coefficient (Wildman–Crippen LogP) is 4.51. The summed E-state index contributed by atoms with van der Waals surface area (Å²) in [6.45, 7) is 6.27. The lowest BCUT2D eigenvalue weighted by molar-refractivity contribution is -0.116. The fourth-order valence-corrected chi connectivity index (χ4v) is 3.32. The Morgan fingerprint density at radius 3 is 2.79 bits per heavy atom. The molecule has 1 aliphatic heterocycles. The summed E-state index contributed by atoms with van der Waals surface area (Å²) in [6.07, 6.45) is 0.982. The average molecular weight is 405 g/mol. The Hall–Kier alpha value is -2.60. The van der Waals surface area contributed by atoms with Crippen LogP contribution in [-0.2, 0) is 11.2 Å². The smallest absolute Gasteiger partial charge is 0.246 e. The summed E-state index contributed by atoms with van der Waals surface area (Å²) < 4.78 is 16.9. The standard InChI is InChI=1S/C21H25ClN2O4/c1-5-27-20-9-14-8-12(2)28-19(14)11-17(20)23-13(3)21(25)24-16-10-15(22)6-7-18(16)26-4/h6-7,9-13,23H,5,8H2,1-4H3,(H,24,25). The van der Waals surface area contributed by atoms with E-state index in [1.54, 1.807) is 32.2 Å². The van der Waals surface area contributed by atoms with E-state index in [1.165, 1.54) is 0 Å². The van der Waals surface area contributed by atoms with Gasteiger partial charge in [0, 0.05) is 23.1 Å². The molecule has 0 spiro atoms. The zero-order valence-electron chi connectivity index (χ0n) is 16.5. The van der Waals surface area contributed by atoms with Gasteiger partial charge in [-0.1, -0.05) is 11.6 Å². The van der Waals surface area contributed by atoms with Crippen molar-refractivity contribution >= 4 is 28.9 Å². The van der Waals surface area contributed by atoms with Crippen LogP contribution in [0.25, 0.3) is 0 Å². The molecule has 0 fully saturated rings. The third-order valence-electron chi connectivity index (χ3n) is 4.48. The summed E-state index contributed by atoms with van der Waals surface area (Å²) in [4.78, 5) is 12.7. The second kappa shape index (κ2) is 8.61. The van der Waals surface area contributed by atoms with Crippen LogP contribution >= 0.6 is 11.6 Å². The Bertz CT molecular complexity index is 872. The molecule has 150 valence electrons. The molecule has 0 aromatic heterocycles. The molecule has 28 heavy (non-hydrogen) atoms. The number of amides is 1. The van der Waals surface area contributed by atoms with E-state index in [9.17, 15) is 4.79 Å². The van der Waals surface area contributed by atoms with Crippen molar-refractivity contribution in [1.29, 1.82) is 0 Å². The second-order valence-electron chi connectivity index (χ2n) is 6.72. The van der Waals surface area contributed by atoms with Gasteiger partial charge in [0.25, 0.3) is 0 Å². The fourth-order valence-electron chi connectivity index (χ4n) is 3.14. The zero-order chi connectivity index (χ0) is 20.3. The van der Waals surface area contributed by atoms with Crippen molar-refractivity contribution in [3.8, 4) is 17.2 Å². The molecule has 0 saturated carbocycles. The van der Waals surface area contributed by atoms with Crippen molar-refractivity contribution in [2.24, 2.45) is 0 Å². The first-order chi connectivity index (χ1) is 13.4. The lowest BCUT2D eigenvalue weighted by Crippen LogP contribution is -2.32. The van der Waals surface area contributed by atoms with Crippen LogP contribution in [0.15, 0.2) is 30.3 Å². The van der Waals surface area contributed by atoms with Crippen LogP contribution in [0.2, 0.25) is 5.02 Å². The predicted molar refractivity (Wildman–Crippen MR) is 111 cm³/mol. The van der Waals surface area contributed by atoms with E-state index in [-0.39, 0.29) is 12.0 Å². The van der Waals surface area contributed by atoms with Gasteiger partial charge in [0.1, 0.15) is 29.4 Å². The molecule has 7 heteroatoms. The fraction of sp³-hybridized carbons (Fsp3) is 0.381. The molecular formula is C21H25ClN2O4. The van der Waals surface area contributed by atoms with Crippen molar-refractivity contribution in [2.75, 3.05) is 24.4 Å². The first-order valence-corrected chi connectivity index (χ1v) is 9.66. The first-order valence-electron chi connectivity index (χ1n) is 9.28. The Morgan fingerprint density at radius 1 is 1.29 bits per heavy atom.